The van der Waals surface area contributed by atoms with Gasteiger partial charge in [-0.1, -0.05) is 44.2 Å². The zero-order valence-electron chi connectivity index (χ0n) is 11.9. The molecule has 106 valence electrons. The number of halogens is 1. The van der Waals surface area contributed by atoms with Crippen molar-refractivity contribution in [3.8, 4) is 5.75 Å². The zero-order chi connectivity index (χ0) is 14.6. The number of phenols is 1. The van der Waals surface area contributed by atoms with Gasteiger partial charge in [-0.2, -0.15) is 0 Å². The van der Waals surface area contributed by atoms with Crippen molar-refractivity contribution in [1.82, 2.24) is 5.32 Å². The van der Waals surface area contributed by atoms with Gasteiger partial charge in [0, 0.05) is 24.1 Å². The third kappa shape index (κ3) is 3.58. The Hall–Kier alpha value is -1.87. The molecule has 0 atom stereocenters. The molecule has 0 amide bonds. The minimum atomic E-state index is -0.332. The van der Waals surface area contributed by atoms with E-state index in [1.54, 1.807) is 0 Å². The van der Waals surface area contributed by atoms with E-state index >= 15 is 0 Å². The standard InChI is InChI=1S/C17H20FNO/c1-17(2,14-6-4-3-5-7-14)12-19-11-13-10-15(18)8-9-16(13)20/h3-10,19-20H,11-12H2,1-2H3. The van der Waals surface area contributed by atoms with Gasteiger partial charge in [-0.15, -0.1) is 0 Å². The summed E-state index contributed by atoms with van der Waals surface area (Å²) in [4.78, 5) is 0. The van der Waals surface area contributed by atoms with E-state index in [9.17, 15) is 9.50 Å². The van der Waals surface area contributed by atoms with E-state index in [1.165, 1.54) is 23.8 Å². The van der Waals surface area contributed by atoms with E-state index < -0.39 is 0 Å². The maximum Gasteiger partial charge on any atom is 0.123 e. The first kappa shape index (κ1) is 14.5. The first-order valence-electron chi connectivity index (χ1n) is 6.73. The topological polar surface area (TPSA) is 32.3 Å². The summed E-state index contributed by atoms with van der Waals surface area (Å²) in [5.74, 6) is -0.210. The monoisotopic (exact) mass is 273 g/mol. The Balaban J connectivity index is 1.97. The molecule has 2 aromatic rings. The van der Waals surface area contributed by atoms with Crippen LogP contribution in [0.25, 0.3) is 0 Å². The minimum Gasteiger partial charge on any atom is -0.508 e. The third-order valence-corrected chi connectivity index (χ3v) is 3.48. The number of phenolic OH excluding ortho intramolecular Hbond substituents is 1. The Morgan fingerprint density at radius 3 is 2.50 bits per heavy atom. The van der Waals surface area contributed by atoms with Gasteiger partial charge >= 0.3 is 0 Å². The van der Waals surface area contributed by atoms with Crippen LogP contribution in [0.1, 0.15) is 25.0 Å². The van der Waals surface area contributed by atoms with E-state index in [-0.39, 0.29) is 17.0 Å². The lowest BCUT2D eigenvalue weighted by Gasteiger charge is -2.26. The van der Waals surface area contributed by atoms with Crippen LogP contribution < -0.4 is 5.32 Å². The van der Waals surface area contributed by atoms with Gasteiger partial charge in [-0.3, -0.25) is 0 Å². The molecule has 0 aliphatic carbocycles. The summed E-state index contributed by atoms with van der Waals surface area (Å²) in [7, 11) is 0. The highest BCUT2D eigenvalue weighted by Crippen LogP contribution is 2.22. The summed E-state index contributed by atoms with van der Waals surface area (Å²) < 4.78 is 13.1. The normalized spacial score (nSPS) is 11.6. The van der Waals surface area contributed by atoms with E-state index in [4.69, 9.17) is 0 Å². The van der Waals surface area contributed by atoms with Gasteiger partial charge in [0.05, 0.1) is 0 Å². The molecule has 0 radical (unpaired) electrons. The van der Waals surface area contributed by atoms with Gasteiger partial charge in [0.25, 0.3) is 0 Å². The van der Waals surface area contributed by atoms with Crippen LogP contribution in [0.2, 0.25) is 0 Å². The Morgan fingerprint density at radius 1 is 1.10 bits per heavy atom. The van der Waals surface area contributed by atoms with Gasteiger partial charge < -0.3 is 10.4 Å². The van der Waals surface area contributed by atoms with Crippen LogP contribution in [0.5, 0.6) is 5.75 Å². The third-order valence-electron chi connectivity index (χ3n) is 3.48. The smallest absolute Gasteiger partial charge is 0.123 e. The highest BCUT2D eigenvalue weighted by molar-refractivity contribution is 5.32. The summed E-state index contributed by atoms with van der Waals surface area (Å²) in [5, 5.41) is 13.0. The Bertz CT molecular complexity index is 566. The molecule has 0 unspecified atom stereocenters. The molecule has 2 rings (SSSR count). The predicted octanol–water partition coefficient (Wildman–Crippen LogP) is 3.60. The molecule has 0 saturated carbocycles. The van der Waals surface area contributed by atoms with E-state index in [0.29, 0.717) is 12.1 Å². The first-order chi connectivity index (χ1) is 9.49. The quantitative estimate of drug-likeness (QED) is 0.872. The van der Waals surface area contributed by atoms with Crippen molar-refractivity contribution in [2.24, 2.45) is 0 Å². The second-order valence-corrected chi connectivity index (χ2v) is 5.63. The SMILES string of the molecule is CC(C)(CNCc1cc(F)ccc1O)c1ccccc1. The van der Waals surface area contributed by atoms with Crippen molar-refractivity contribution >= 4 is 0 Å². The maximum atomic E-state index is 13.1. The second-order valence-electron chi connectivity index (χ2n) is 5.63. The molecule has 0 bridgehead atoms. The van der Waals surface area contributed by atoms with Gasteiger partial charge in [0.1, 0.15) is 11.6 Å². The molecule has 0 fully saturated rings. The summed E-state index contributed by atoms with van der Waals surface area (Å²) >= 11 is 0. The highest BCUT2D eigenvalue weighted by Gasteiger charge is 2.19. The second kappa shape index (κ2) is 6.06. The fourth-order valence-corrected chi connectivity index (χ4v) is 2.20. The highest BCUT2D eigenvalue weighted by atomic mass is 19.1. The van der Waals surface area contributed by atoms with Crippen LogP contribution in [0.4, 0.5) is 4.39 Å². The molecular weight excluding hydrogens is 253 g/mol. The lowest BCUT2D eigenvalue weighted by atomic mass is 9.84. The van der Waals surface area contributed by atoms with Crippen LogP contribution in [0.3, 0.4) is 0 Å². The molecule has 0 saturated heterocycles. The molecule has 0 heterocycles. The van der Waals surface area contributed by atoms with Gasteiger partial charge in [-0.25, -0.2) is 4.39 Å². The molecule has 0 aromatic heterocycles. The molecule has 20 heavy (non-hydrogen) atoms. The van der Waals surface area contributed by atoms with Crippen LogP contribution in [0, 0.1) is 5.82 Å². The van der Waals surface area contributed by atoms with Crippen molar-refractivity contribution in [2.75, 3.05) is 6.54 Å². The fraction of sp³-hybridized carbons (Fsp3) is 0.294. The molecule has 2 aromatic carbocycles. The van der Waals surface area contributed by atoms with Crippen molar-refractivity contribution in [3.63, 3.8) is 0 Å². The van der Waals surface area contributed by atoms with E-state index in [2.05, 4.69) is 31.3 Å². The van der Waals surface area contributed by atoms with Crippen LogP contribution in [-0.4, -0.2) is 11.7 Å². The number of aromatic hydroxyl groups is 1. The lowest BCUT2D eigenvalue weighted by Crippen LogP contribution is -2.32. The number of hydrogen-bond acceptors (Lipinski definition) is 2. The Labute approximate surface area is 119 Å². The van der Waals surface area contributed by atoms with Crippen LogP contribution in [0.15, 0.2) is 48.5 Å². The summed E-state index contributed by atoms with van der Waals surface area (Å²) in [6.07, 6.45) is 0. The maximum absolute atomic E-state index is 13.1. The van der Waals surface area contributed by atoms with Crippen molar-refractivity contribution < 1.29 is 9.50 Å². The summed E-state index contributed by atoms with van der Waals surface area (Å²) in [6, 6.07) is 14.2. The molecule has 3 heteroatoms. The molecule has 2 N–H and O–H groups in total. The van der Waals surface area contributed by atoms with Crippen molar-refractivity contribution in [1.29, 1.82) is 0 Å². The molecule has 2 nitrogen and oxygen atoms in total. The Kier molecular flexibility index (Phi) is 4.40. The lowest BCUT2D eigenvalue weighted by molar-refractivity contribution is 0.444. The Morgan fingerprint density at radius 2 is 1.80 bits per heavy atom. The van der Waals surface area contributed by atoms with Crippen molar-refractivity contribution in [2.45, 2.75) is 25.8 Å². The zero-order valence-corrected chi connectivity index (χ0v) is 11.9. The first-order valence-corrected chi connectivity index (χ1v) is 6.73. The molecule has 0 aliphatic heterocycles. The number of nitrogens with one attached hydrogen (secondary N) is 1. The van der Waals surface area contributed by atoms with Crippen LogP contribution >= 0.6 is 0 Å². The van der Waals surface area contributed by atoms with Gasteiger partial charge in [-0.05, 0) is 23.8 Å². The fourth-order valence-electron chi connectivity index (χ4n) is 2.20. The minimum absolute atomic E-state index is 0.0236. The average molecular weight is 273 g/mol. The number of rotatable bonds is 5. The predicted molar refractivity (Wildman–Crippen MR) is 79.2 cm³/mol. The summed E-state index contributed by atoms with van der Waals surface area (Å²) in [5.41, 5.74) is 1.80. The van der Waals surface area contributed by atoms with E-state index in [1.807, 2.05) is 18.2 Å². The van der Waals surface area contributed by atoms with Crippen molar-refractivity contribution in [3.05, 3.63) is 65.5 Å². The van der Waals surface area contributed by atoms with Crippen LogP contribution in [-0.2, 0) is 12.0 Å². The number of benzene rings is 2. The molecule has 0 aliphatic rings. The average Bonchev–Trinajstić information content (AvgIpc) is 2.43. The molecular formula is C17H20FNO. The van der Waals surface area contributed by atoms with Gasteiger partial charge in [0.2, 0.25) is 0 Å². The largest absolute Gasteiger partial charge is 0.508 e. The summed E-state index contributed by atoms with van der Waals surface area (Å²) in [6.45, 7) is 5.49. The molecule has 0 spiro atoms. The van der Waals surface area contributed by atoms with E-state index in [0.717, 1.165) is 6.54 Å². The number of hydrogen-bond donors (Lipinski definition) is 2. The van der Waals surface area contributed by atoms with Gasteiger partial charge in [0.15, 0.2) is 0 Å².